The Morgan fingerprint density at radius 2 is 2.15 bits per heavy atom. The molecule has 1 aliphatic rings. The zero-order chi connectivity index (χ0) is 14.7. The number of hydrogen-bond donors (Lipinski definition) is 3. The zero-order valence-electron chi connectivity index (χ0n) is 11.2. The van der Waals surface area contributed by atoms with E-state index in [1.165, 1.54) is 0 Å². The first-order valence-electron chi connectivity index (χ1n) is 6.56. The summed E-state index contributed by atoms with van der Waals surface area (Å²) < 4.78 is 0. The molecule has 1 unspecified atom stereocenters. The lowest BCUT2D eigenvalue weighted by Gasteiger charge is -2.25. The third-order valence-corrected chi connectivity index (χ3v) is 3.44. The third kappa shape index (κ3) is 2.75. The van der Waals surface area contributed by atoms with E-state index < -0.39 is 18.0 Å². The van der Waals surface area contributed by atoms with Crippen LogP contribution < -0.4 is 10.2 Å². The smallest absolute Gasteiger partial charge is 0.326 e. The van der Waals surface area contributed by atoms with E-state index in [0.29, 0.717) is 0 Å². The van der Waals surface area contributed by atoms with Gasteiger partial charge in [-0.1, -0.05) is 18.2 Å². The summed E-state index contributed by atoms with van der Waals surface area (Å²) in [5.74, 6) is -1.15. The highest BCUT2D eigenvalue weighted by Gasteiger charge is 2.32. The second kappa shape index (κ2) is 5.92. The molecule has 1 aromatic carbocycles. The molecule has 20 heavy (non-hydrogen) atoms. The van der Waals surface area contributed by atoms with Crippen LogP contribution in [-0.4, -0.2) is 40.9 Å². The first-order chi connectivity index (χ1) is 9.54. The molecule has 0 bridgehead atoms. The van der Waals surface area contributed by atoms with E-state index in [2.05, 4.69) is 5.32 Å². The van der Waals surface area contributed by atoms with Crippen molar-refractivity contribution in [2.75, 3.05) is 11.5 Å². The van der Waals surface area contributed by atoms with Crippen molar-refractivity contribution in [3.8, 4) is 0 Å². The van der Waals surface area contributed by atoms with Gasteiger partial charge in [0.1, 0.15) is 6.04 Å². The standard InChI is InChI=1S/C14H18N2O4/c1-9-8-10-4-2-3-5-12(10)16(9)14(20)15-11(6-7-17)13(18)19/h2-5,9,11,17H,6-8H2,1H3,(H,15,20)(H,18,19)/t9?,11-/m1/s1. The summed E-state index contributed by atoms with van der Waals surface area (Å²) >= 11 is 0. The molecule has 6 heteroatoms. The van der Waals surface area contributed by atoms with Gasteiger partial charge in [-0.3, -0.25) is 4.90 Å². The SMILES string of the molecule is CC1Cc2ccccc2N1C(=O)N[C@H](CCO)C(=O)O. The highest BCUT2D eigenvalue weighted by molar-refractivity contribution is 5.96. The zero-order valence-corrected chi connectivity index (χ0v) is 11.2. The highest BCUT2D eigenvalue weighted by atomic mass is 16.4. The number of amides is 2. The first kappa shape index (κ1) is 14.3. The van der Waals surface area contributed by atoms with E-state index in [0.717, 1.165) is 17.7 Å². The van der Waals surface area contributed by atoms with E-state index in [4.69, 9.17) is 10.2 Å². The fourth-order valence-corrected chi connectivity index (χ4v) is 2.48. The summed E-state index contributed by atoms with van der Waals surface area (Å²) in [5.41, 5.74) is 1.88. The number of carbonyl (C=O) groups excluding carboxylic acids is 1. The van der Waals surface area contributed by atoms with Crippen molar-refractivity contribution in [1.82, 2.24) is 5.32 Å². The van der Waals surface area contributed by atoms with Crippen LogP contribution in [0.2, 0.25) is 0 Å². The molecule has 1 heterocycles. The summed E-state index contributed by atoms with van der Waals surface area (Å²) in [6.07, 6.45) is 0.742. The van der Waals surface area contributed by atoms with Crippen molar-refractivity contribution in [3.63, 3.8) is 0 Å². The Morgan fingerprint density at radius 3 is 2.80 bits per heavy atom. The van der Waals surface area contributed by atoms with Gasteiger partial charge in [-0.05, 0) is 25.0 Å². The molecule has 1 aromatic rings. The second-order valence-electron chi connectivity index (χ2n) is 4.90. The van der Waals surface area contributed by atoms with Crippen molar-refractivity contribution in [1.29, 1.82) is 0 Å². The number of hydrogen-bond acceptors (Lipinski definition) is 3. The predicted molar refractivity (Wildman–Crippen MR) is 73.7 cm³/mol. The lowest BCUT2D eigenvalue weighted by molar-refractivity contribution is -0.139. The number of aliphatic hydroxyl groups is 1. The summed E-state index contributed by atoms with van der Waals surface area (Å²) in [5, 5.41) is 20.3. The number of aliphatic hydroxyl groups excluding tert-OH is 1. The van der Waals surface area contributed by atoms with Gasteiger partial charge in [0, 0.05) is 24.8 Å². The molecule has 2 atom stereocenters. The number of anilines is 1. The molecule has 0 aromatic heterocycles. The molecule has 0 aliphatic carbocycles. The van der Waals surface area contributed by atoms with Crippen LogP contribution in [0.15, 0.2) is 24.3 Å². The molecule has 0 saturated heterocycles. The number of aliphatic carboxylic acids is 1. The number of carboxylic acids is 1. The topological polar surface area (TPSA) is 89.9 Å². The van der Waals surface area contributed by atoms with Gasteiger partial charge in [-0.25, -0.2) is 9.59 Å². The number of urea groups is 1. The number of benzene rings is 1. The molecule has 2 rings (SSSR count). The Morgan fingerprint density at radius 1 is 1.45 bits per heavy atom. The molecule has 1 aliphatic heterocycles. The highest BCUT2D eigenvalue weighted by Crippen LogP contribution is 2.31. The first-order valence-corrected chi connectivity index (χ1v) is 6.56. The minimum atomic E-state index is -1.15. The van der Waals surface area contributed by atoms with Gasteiger partial charge in [0.2, 0.25) is 0 Å². The molecule has 2 amide bonds. The number of carbonyl (C=O) groups is 2. The normalized spacial score (nSPS) is 18.5. The molecule has 0 spiro atoms. The van der Waals surface area contributed by atoms with E-state index in [-0.39, 0.29) is 19.1 Å². The molecule has 6 nitrogen and oxygen atoms in total. The second-order valence-corrected chi connectivity index (χ2v) is 4.90. The maximum atomic E-state index is 12.3. The number of carboxylic acid groups (broad SMARTS) is 1. The average Bonchev–Trinajstić information content (AvgIpc) is 2.73. The van der Waals surface area contributed by atoms with Crippen LogP contribution in [0.3, 0.4) is 0 Å². The van der Waals surface area contributed by atoms with Gasteiger partial charge in [-0.2, -0.15) is 0 Å². The van der Waals surface area contributed by atoms with Crippen molar-refractivity contribution >= 4 is 17.7 Å². The average molecular weight is 278 g/mol. The monoisotopic (exact) mass is 278 g/mol. The Balaban J connectivity index is 2.15. The van der Waals surface area contributed by atoms with E-state index in [1.807, 2.05) is 31.2 Å². The maximum absolute atomic E-state index is 12.3. The largest absolute Gasteiger partial charge is 0.480 e. The van der Waals surface area contributed by atoms with Crippen LogP contribution >= 0.6 is 0 Å². The predicted octanol–water partition coefficient (Wildman–Crippen LogP) is 0.983. The van der Waals surface area contributed by atoms with Gasteiger partial charge in [0.15, 0.2) is 0 Å². The van der Waals surface area contributed by atoms with Crippen molar-refractivity contribution < 1.29 is 19.8 Å². The lowest BCUT2D eigenvalue weighted by atomic mass is 10.1. The maximum Gasteiger partial charge on any atom is 0.326 e. The molecule has 0 fully saturated rings. The molecular weight excluding hydrogens is 260 g/mol. The van der Waals surface area contributed by atoms with Crippen LogP contribution in [-0.2, 0) is 11.2 Å². The lowest BCUT2D eigenvalue weighted by Crippen LogP contribution is -2.50. The van der Waals surface area contributed by atoms with Gasteiger partial charge in [0.05, 0.1) is 0 Å². The van der Waals surface area contributed by atoms with Crippen molar-refractivity contribution in [3.05, 3.63) is 29.8 Å². The molecule has 3 N–H and O–H groups in total. The van der Waals surface area contributed by atoms with Crippen LogP contribution in [0.25, 0.3) is 0 Å². The minimum Gasteiger partial charge on any atom is -0.480 e. The Hall–Kier alpha value is -2.08. The van der Waals surface area contributed by atoms with Crippen LogP contribution in [0.1, 0.15) is 18.9 Å². The van der Waals surface area contributed by atoms with E-state index >= 15 is 0 Å². The van der Waals surface area contributed by atoms with Crippen LogP contribution in [0.5, 0.6) is 0 Å². The number of fused-ring (bicyclic) bond motifs is 1. The summed E-state index contributed by atoms with van der Waals surface area (Å²) in [4.78, 5) is 24.9. The molecular formula is C14H18N2O4. The van der Waals surface area contributed by atoms with Crippen LogP contribution in [0, 0.1) is 0 Å². The van der Waals surface area contributed by atoms with Gasteiger partial charge >= 0.3 is 12.0 Å². The molecule has 0 saturated carbocycles. The summed E-state index contributed by atoms with van der Waals surface area (Å²) in [6, 6.07) is 6.03. The quantitative estimate of drug-likeness (QED) is 0.766. The van der Waals surface area contributed by atoms with Crippen LogP contribution in [0.4, 0.5) is 10.5 Å². The fourth-order valence-electron chi connectivity index (χ4n) is 2.48. The fraction of sp³-hybridized carbons (Fsp3) is 0.429. The summed E-state index contributed by atoms with van der Waals surface area (Å²) in [6.45, 7) is 1.63. The van der Waals surface area contributed by atoms with Gasteiger partial charge < -0.3 is 15.5 Å². The minimum absolute atomic E-state index is 0.00899. The number of nitrogens with zero attached hydrogens (tertiary/aromatic N) is 1. The number of nitrogens with one attached hydrogen (secondary N) is 1. The number of rotatable bonds is 4. The summed E-state index contributed by atoms with van der Waals surface area (Å²) in [7, 11) is 0. The Labute approximate surface area is 117 Å². The van der Waals surface area contributed by atoms with Crippen molar-refractivity contribution in [2.45, 2.75) is 31.8 Å². The third-order valence-electron chi connectivity index (χ3n) is 3.44. The van der Waals surface area contributed by atoms with E-state index in [1.54, 1.807) is 4.90 Å². The van der Waals surface area contributed by atoms with Gasteiger partial charge in [-0.15, -0.1) is 0 Å². The van der Waals surface area contributed by atoms with E-state index in [9.17, 15) is 9.59 Å². The number of para-hydroxylation sites is 1. The van der Waals surface area contributed by atoms with Gasteiger partial charge in [0.25, 0.3) is 0 Å². The molecule has 0 radical (unpaired) electrons. The van der Waals surface area contributed by atoms with Crippen molar-refractivity contribution in [2.24, 2.45) is 0 Å². The molecule has 108 valence electrons. The Kier molecular flexibility index (Phi) is 4.24. The Bertz CT molecular complexity index is 518.